The van der Waals surface area contributed by atoms with Crippen molar-refractivity contribution >= 4 is 6.09 Å². The van der Waals surface area contributed by atoms with Crippen LogP contribution in [0.15, 0.2) is 48.5 Å². The molecule has 30 heavy (non-hydrogen) atoms. The Kier molecular flexibility index (Phi) is 4.58. The van der Waals surface area contributed by atoms with Gasteiger partial charge in [0.05, 0.1) is 6.04 Å². The molecule has 3 N–H and O–H groups in total. The number of ether oxygens (including phenoxy) is 1. The van der Waals surface area contributed by atoms with E-state index in [0.29, 0.717) is 29.4 Å². The van der Waals surface area contributed by atoms with Crippen LogP contribution < -0.4 is 11.1 Å². The molecule has 4 nitrogen and oxygen atoms in total. The van der Waals surface area contributed by atoms with Gasteiger partial charge in [0.2, 0.25) is 0 Å². The fourth-order valence-electron chi connectivity index (χ4n) is 6.38. The lowest BCUT2D eigenvalue weighted by molar-refractivity contribution is -0.135. The summed E-state index contributed by atoms with van der Waals surface area (Å²) in [4.78, 5) is 13.0. The van der Waals surface area contributed by atoms with Gasteiger partial charge in [-0.1, -0.05) is 24.3 Å². The van der Waals surface area contributed by atoms with Crippen LogP contribution in [0.4, 0.5) is 13.6 Å². The maximum absolute atomic E-state index is 13.4. The Hall–Kier alpha value is -2.47. The minimum Gasteiger partial charge on any atom is -0.443 e. The third kappa shape index (κ3) is 3.69. The van der Waals surface area contributed by atoms with Crippen LogP contribution in [-0.2, 0) is 4.74 Å². The lowest BCUT2D eigenvalue weighted by Gasteiger charge is -2.59. The van der Waals surface area contributed by atoms with Crippen molar-refractivity contribution in [2.75, 3.05) is 0 Å². The zero-order valence-electron chi connectivity index (χ0n) is 16.7. The van der Waals surface area contributed by atoms with Gasteiger partial charge in [-0.05, 0) is 79.3 Å². The van der Waals surface area contributed by atoms with Gasteiger partial charge in [-0.2, -0.15) is 0 Å². The molecule has 0 aromatic heterocycles. The van der Waals surface area contributed by atoms with E-state index >= 15 is 0 Å². The number of nitrogens with two attached hydrogens (primary N) is 1. The van der Waals surface area contributed by atoms with Crippen LogP contribution in [0.3, 0.4) is 0 Å². The van der Waals surface area contributed by atoms with E-state index in [1.807, 2.05) is 0 Å². The van der Waals surface area contributed by atoms with Crippen molar-refractivity contribution in [1.82, 2.24) is 5.32 Å². The summed E-state index contributed by atoms with van der Waals surface area (Å²) >= 11 is 0. The molecule has 1 amide bonds. The molecule has 158 valence electrons. The molecule has 0 heterocycles. The van der Waals surface area contributed by atoms with E-state index in [-0.39, 0.29) is 17.2 Å². The Morgan fingerprint density at radius 3 is 1.90 bits per heavy atom. The summed E-state index contributed by atoms with van der Waals surface area (Å²) in [5.41, 5.74) is 7.28. The number of nitrogens with one attached hydrogen (secondary N) is 1. The molecule has 4 aliphatic rings. The van der Waals surface area contributed by atoms with Crippen molar-refractivity contribution < 1.29 is 18.3 Å². The van der Waals surface area contributed by atoms with Crippen LogP contribution >= 0.6 is 0 Å². The number of rotatable bonds is 4. The van der Waals surface area contributed by atoms with Gasteiger partial charge in [0.25, 0.3) is 0 Å². The van der Waals surface area contributed by atoms with Crippen LogP contribution in [-0.4, -0.2) is 17.2 Å². The highest BCUT2D eigenvalue weighted by molar-refractivity contribution is 5.69. The highest BCUT2D eigenvalue weighted by Crippen LogP contribution is 2.58. The normalized spacial score (nSPS) is 31.7. The quantitative estimate of drug-likeness (QED) is 0.756. The molecule has 0 aliphatic heterocycles. The molecule has 6 heteroatoms. The monoisotopic (exact) mass is 412 g/mol. The summed E-state index contributed by atoms with van der Waals surface area (Å²) in [5, 5.41) is 2.93. The van der Waals surface area contributed by atoms with Crippen molar-refractivity contribution in [1.29, 1.82) is 0 Å². The zero-order chi connectivity index (χ0) is 20.9. The third-order valence-electron chi connectivity index (χ3n) is 7.03. The Bertz CT molecular complexity index is 885. The number of amides is 1. The van der Waals surface area contributed by atoms with Gasteiger partial charge in [-0.3, -0.25) is 0 Å². The number of benzene rings is 2. The maximum Gasteiger partial charge on any atom is 0.408 e. The van der Waals surface area contributed by atoms with Crippen molar-refractivity contribution in [3.63, 3.8) is 0 Å². The van der Waals surface area contributed by atoms with E-state index < -0.39 is 17.7 Å². The topological polar surface area (TPSA) is 64.3 Å². The molecular formula is C24H26F2N2O2. The van der Waals surface area contributed by atoms with Gasteiger partial charge in [0.15, 0.2) is 0 Å². The second-order valence-electron chi connectivity index (χ2n) is 9.58. The maximum atomic E-state index is 13.4. The molecule has 2 aromatic rings. The summed E-state index contributed by atoms with van der Waals surface area (Å²) in [7, 11) is 0. The molecule has 4 saturated carbocycles. The van der Waals surface area contributed by atoms with Crippen LogP contribution in [0.2, 0.25) is 0 Å². The molecule has 4 bridgehead atoms. The van der Waals surface area contributed by atoms with Gasteiger partial charge in [0.1, 0.15) is 17.2 Å². The third-order valence-corrected chi connectivity index (χ3v) is 7.03. The minimum absolute atomic E-state index is 0.225. The standard InChI is InChI=1S/C24H26F2N2O2/c25-19-5-1-17(2-6-19)21(18-3-7-20(26)8-4-18)28-22(29)30-24-12-15-9-16(13-24)11-23(27,10-15)14-24/h1-8,15-16,21H,9-14,27H2,(H,28,29). The number of carbonyl (C=O) groups is 1. The fourth-order valence-corrected chi connectivity index (χ4v) is 6.38. The van der Waals surface area contributed by atoms with E-state index in [4.69, 9.17) is 10.5 Å². The second-order valence-corrected chi connectivity index (χ2v) is 9.58. The first kappa shape index (κ1) is 19.5. The summed E-state index contributed by atoms with van der Waals surface area (Å²) in [6.45, 7) is 0. The minimum atomic E-state index is -0.570. The summed E-state index contributed by atoms with van der Waals surface area (Å²) in [6, 6.07) is 11.3. The Morgan fingerprint density at radius 1 is 0.933 bits per heavy atom. The van der Waals surface area contributed by atoms with Gasteiger partial charge in [-0.25, -0.2) is 13.6 Å². The van der Waals surface area contributed by atoms with Crippen molar-refractivity contribution in [2.45, 2.75) is 55.7 Å². The summed E-state index contributed by atoms with van der Waals surface area (Å²) in [5.74, 6) is 0.324. The highest BCUT2D eigenvalue weighted by atomic mass is 19.1. The van der Waals surface area contributed by atoms with E-state index in [1.165, 1.54) is 30.7 Å². The lowest BCUT2D eigenvalue weighted by atomic mass is 9.51. The summed E-state index contributed by atoms with van der Waals surface area (Å²) in [6.07, 6.45) is 5.15. The fraction of sp³-hybridized carbons (Fsp3) is 0.458. The molecule has 4 aliphatic carbocycles. The Labute approximate surface area is 174 Å². The first-order chi connectivity index (χ1) is 14.3. The molecule has 2 aromatic carbocycles. The van der Waals surface area contributed by atoms with Crippen molar-refractivity contribution in [3.05, 3.63) is 71.3 Å². The van der Waals surface area contributed by atoms with E-state index in [1.54, 1.807) is 24.3 Å². The molecule has 0 saturated heterocycles. The first-order valence-corrected chi connectivity index (χ1v) is 10.6. The number of hydrogen-bond donors (Lipinski definition) is 2. The van der Waals surface area contributed by atoms with Gasteiger partial charge in [-0.15, -0.1) is 0 Å². The number of alkyl carbamates (subject to hydrolysis) is 1. The first-order valence-electron chi connectivity index (χ1n) is 10.6. The van der Waals surface area contributed by atoms with E-state index in [9.17, 15) is 13.6 Å². The average molecular weight is 412 g/mol. The molecule has 6 rings (SSSR count). The second kappa shape index (κ2) is 7.05. The molecule has 2 unspecified atom stereocenters. The predicted molar refractivity (Wildman–Crippen MR) is 109 cm³/mol. The molecule has 4 fully saturated rings. The summed E-state index contributed by atoms with van der Waals surface area (Å²) < 4.78 is 32.9. The number of hydrogen-bond acceptors (Lipinski definition) is 3. The predicted octanol–water partition coefficient (Wildman–Crippen LogP) is 4.83. The molecule has 0 spiro atoms. The van der Waals surface area contributed by atoms with Crippen molar-refractivity contribution in [3.8, 4) is 0 Å². The number of carbonyl (C=O) groups excluding carboxylic acids is 1. The highest BCUT2D eigenvalue weighted by Gasteiger charge is 2.58. The molecular weight excluding hydrogens is 386 g/mol. The van der Waals surface area contributed by atoms with E-state index in [0.717, 1.165) is 25.7 Å². The van der Waals surface area contributed by atoms with Crippen LogP contribution in [0.25, 0.3) is 0 Å². The molecule has 0 radical (unpaired) electrons. The van der Waals surface area contributed by atoms with Gasteiger partial charge >= 0.3 is 6.09 Å². The van der Waals surface area contributed by atoms with Gasteiger partial charge < -0.3 is 15.8 Å². The SMILES string of the molecule is NC12CC3CC(C1)CC(OC(=O)NC(c1ccc(F)cc1)c1ccc(F)cc1)(C3)C2. The molecule has 2 atom stereocenters. The number of halogens is 2. The van der Waals surface area contributed by atoms with Crippen LogP contribution in [0.1, 0.15) is 55.7 Å². The largest absolute Gasteiger partial charge is 0.443 e. The zero-order valence-corrected chi connectivity index (χ0v) is 16.7. The Balaban J connectivity index is 1.37. The smallest absolute Gasteiger partial charge is 0.408 e. The van der Waals surface area contributed by atoms with Crippen LogP contribution in [0.5, 0.6) is 0 Å². The van der Waals surface area contributed by atoms with Crippen molar-refractivity contribution in [2.24, 2.45) is 17.6 Å². The Morgan fingerprint density at radius 2 is 1.43 bits per heavy atom. The van der Waals surface area contributed by atoms with Gasteiger partial charge in [0, 0.05) is 12.0 Å². The lowest BCUT2D eigenvalue weighted by Crippen LogP contribution is -2.64. The van der Waals surface area contributed by atoms with Crippen LogP contribution in [0, 0.1) is 23.5 Å². The average Bonchev–Trinajstić information content (AvgIpc) is 2.65. The van der Waals surface area contributed by atoms with E-state index in [2.05, 4.69) is 5.32 Å².